The molecule has 0 amide bonds. The number of ether oxygens (including phenoxy) is 3. The zero-order valence-electron chi connectivity index (χ0n) is 11.5. The van der Waals surface area contributed by atoms with Crippen LogP contribution in [0.1, 0.15) is 12.5 Å². The Balaban J connectivity index is 2.51. The van der Waals surface area contributed by atoms with E-state index in [4.69, 9.17) is 20.6 Å². The maximum atomic E-state index is 11.6. The number of hydrogen-bond donors (Lipinski definition) is 0. The predicted molar refractivity (Wildman–Crippen MR) is 82.2 cm³/mol. The topological polar surface area (TPSA) is 57.1 Å². The van der Waals surface area contributed by atoms with Crippen LogP contribution in [-0.4, -0.2) is 25.6 Å². The van der Waals surface area contributed by atoms with Crippen molar-refractivity contribution in [1.29, 1.82) is 0 Å². The lowest BCUT2D eigenvalue weighted by Gasteiger charge is -2.12. The Bertz CT molecular complexity index is 686. The van der Waals surface area contributed by atoms with Gasteiger partial charge >= 0.3 is 5.97 Å². The SMILES string of the molecule is C#CCOc1c(/C=C2/N=C(C)OC2=O)cc(Br)cc1OC. The molecule has 0 aromatic heterocycles. The summed E-state index contributed by atoms with van der Waals surface area (Å²) in [5.74, 6) is 3.13. The summed E-state index contributed by atoms with van der Waals surface area (Å²) in [6.45, 7) is 1.69. The number of cyclic esters (lactones) is 1. The summed E-state index contributed by atoms with van der Waals surface area (Å²) < 4.78 is 16.4. The average Bonchev–Trinajstić information content (AvgIpc) is 2.75. The summed E-state index contributed by atoms with van der Waals surface area (Å²) in [6, 6.07) is 3.52. The second-order valence-electron chi connectivity index (χ2n) is 4.07. The Morgan fingerprint density at radius 2 is 2.29 bits per heavy atom. The number of rotatable bonds is 4. The number of methoxy groups -OCH3 is 1. The van der Waals surface area contributed by atoms with E-state index < -0.39 is 5.97 Å². The molecule has 1 aliphatic rings. The molecule has 0 saturated carbocycles. The van der Waals surface area contributed by atoms with E-state index >= 15 is 0 Å². The van der Waals surface area contributed by atoms with Gasteiger partial charge in [-0.25, -0.2) is 9.79 Å². The van der Waals surface area contributed by atoms with Crippen molar-refractivity contribution in [3.05, 3.63) is 27.9 Å². The van der Waals surface area contributed by atoms with E-state index in [1.54, 1.807) is 25.1 Å². The van der Waals surface area contributed by atoms with Crippen molar-refractivity contribution >= 4 is 33.9 Å². The first-order valence-electron chi connectivity index (χ1n) is 5.98. The maximum absolute atomic E-state index is 11.6. The average molecular weight is 350 g/mol. The molecule has 1 aromatic carbocycles. The highest BCUT2D eigenvalue weighted by molar-refractivity contribution is 9.10. The summed E-state index contributed by atoms with van der Waals surface area (Å²) in [5, 5.41) is 0. The minimum atomic E-state index is -0.505. The Hall–Kier alpha value is -2.26. The summed E-state index contributed by atoms with van der Waals surface area (Å²) in [6.07, 6.45) is 6.78. The molecule has 5 nitrogen and oxygen atoms in total. The molecule has 6 heteroatoms. The lowest BCUT2D eigenvalue weighted by atomic mass is 10.1. The van der Waals surface area contributed by atoms with Crippen LogP contribution < -0.4 is 9.47 Å². The number of esters is 1. The molecule has 108 valence electrons. The standard InChI is InChI=1S/C15H12BrNO4/c1-4-5-20-14-10(6-11(16)8-13(14)19-3)7-12-15(18)21-9(2)17-12/h1,6-8H,5H2,2-3H3/b12-7+. The van der Waals surface area contributed by atoms with Crippen molar-refractivity contribution in [2.75, 3.05) is 13.7 Å². The lowest BCUT2D eigenvalue weighted by Crippen LogP contribution is -2.01. The Labute approximate surface area is 130 Å². The fourth-order valence-corrected chi connectivity index (χ4v) is 2.23. The van der Waals surface area contributed by atoms with Crippen LogP contribution >= 0.6 is 15.9 Å². The third-order valence-electron chi connectivity index (χ3n) is 2.59. The second-order valence-corrected chi connectivity index (χ2v) is 4.98. The molecule has 2 rings (SSSR count). The molecule has 0 atom stereocenters. The second kappa shape index (κ2) is 6.46. The van der Waals surface area contributed by atoms with Gasteiger partial charge in [-0.05, 0) is 18.2 Å². The zero-order valence-corrected chi connectivity index (χ0v) is 13.1. The number of aliphatic imine (C=N–C) groups is 1. The summed E-state index contributed by atoms with van der Waals surface area (Å²) >= 11 is 3.38. The van der Waals surface area contributed by atoms with Crippen molar-refractivity contribution in [2.45, 2.75) is 6.92 Å². The number of nitrogens with zero attached hydrogens (tertiary/aromatic N) is 1. The van der Waals surface area contributed by atoms with Crippen LogP contribution in [-0.2, 0) is 9.53 Å². The molecule has 0 fully saturated rings. The van der Waals surface area contributed by atoms with Crippen LogP contribution in [0.25, 0.3) is 6.08 Å². The van der Waals surface area contributed by atoms with E-state index in [0.717, 1.165) is 4.47 Å². The van der Waals surface area contributed by atoms with E-state index in [2.05, 4.69) is 26.8 Å². The molecule has 0 saturated heterocycles. The van der Waals surface area contributed by atoms with Gasteiger partial charge in [-0.2, -0.15) is 0 Å². The highest BCUT2D eigenvalue weighted by Crippen LogP contribution is 2.36. The van der Waals surface area contributed by atoms with E-state index in [1.807, 2.05) is 0 Å². The third-order valence-corrected chi connectivity index (χ3v) is 3.05. The number of halogens is 1. The van der Waals surface area contributed by atoms with Gasteiger partial charge in [0.2, 0.25) is 0 Å². The minimum absolute atomic E-state index is 0.0842. The molecule has 0 bridgehead atoms. The van der Waals surface area contributed by atoms with Crippen molar-refractivity contribution in [2.24, 2.45) is 4.99 Å². The Kier molecular flexibility index (Phi) is 4.66. The number of benzene rings is 1. The number of hydrogen-bond acceptors (Lipinski definition) is 5. The van der Waals surface area contributed by atoms with Crippen molar-refractivity contribution < 1.29 is 19.0 Å². The highest BCUT2D eigenvalue weighted by atomic mass is 79.9. The minimum Gasteiger partial charge on any atom is -0.493 e. The van der Waals surface area contributed by atoms with Gasteiger partial charge in [-0.15, -0.1) is 6.42 Å². The first-order valence-corrected chi connectivity index (χ1v) is 6.77. The number of carbonyl (C=O) groups excluding carboxylic acids is 1. The molecule has 1 heterocycles. The maximum Gasteiger partial charge on any atom is 0.363 e. The fraction of sp³-hybridized carbons (Fsp3) is 0.200. The molecular formula is C15H12BrNO4. The Morgan fingerprint density at radius 1 is 1.52 bits per heavy atom. The van der Waals surface area contributed by atoms with Gasteiger partial charge in [-0.3, -0.25) is 0 Å². The van der Waals surface area contributed by atoms with Gasteiger partial charge in [0.05, 0.1) is 7.11 Å². The van der Waals surface area contributed by atoms with Gasteiger partial charge in [0.25, 0.3) is 0 Å². The molecule has 1 aliphatic heterocycles. The molecular weight excluding hydrogens is 338 g/mol. The first-order chi connectivity index (χ1) is 10.0. The number of carbonyl (C=O) groups is 1. The monoisotopic (exact) mass is 349 g/mol. The molecule has 0 N–H and O–H groups in total. The van der Waals surface area contributed by atoms with Gasteiger partial charge in [-0.1, -0.05) is 21.9 Å². The smallest absolute Gasteiger partial charge is 0.363 e. The highest BCUT2D eigenvalue weighted by Gasteiger charge is 2.21. The van der Waals surface area contributed by atoms with Gasteiger partial charge < -0.3 is 14.2 Å². The van der Waals surface area contributed by atoms with Crippen molar-refractivity contribution in [3.63, 3.8) is 0 Å². The Morgan fingerprint density at radius 3 is 2.86 bits per heavy atom. The molecule has 0 radical (unpaired) electrons. The van der Waals surface area contributed by atoms with Gasteiger partial charge in [0.1, 0.15) is 6.61 Å². The van der Waals surface area contributed by atoms with Crippen LogP contribution in [0.4, 0.5) is 0 Å². The molecule has 0 spiro atoms. The zero-order chi connectivity index (χ0) is 15.4. The van der Waals surface area contributed by atoms with Crippen LogP contribution in [0.5, 0.6) is 11.5 Å². The van der Waals surface area contributed by atoms with Crippen LogP contribution in [0.3, 0.4) is 0 Å². The van der Waals surface area contributed by atoms with E-state index in [-0.39, 0.29) is 12.3 Å². The molecule has 0 aliphatic carbocycles. The van der Waals surface area contributed by atoms with Crippen LogP contribution in [0.2, 0.25) is 0 Å². The summed E-state index contributed by atoms with van der Waals surface area (Å²) in [5.41, 5.74) is 0.806. The molecule has 1 aromatic rings. The lowest BCUT2D eigenvalue weighted by molar-refractivity contribution is -0.130. The van der Waals surface area contributed by atoms with Crippen LogP contribution in [0.15, 0.2) is 27.3 Å². The van der Waals surface area contributed by atoms with E-state index in [0.29, 0.717) is 23.0 Å². The molecule has 21 heavy (non-hydrogen) atoms. The van der Waals surface area contributed by atoms with Gasteiger partial charge in [0.15, 0.2) is 23.1 Å². The third kappa shape index (κ3) is 3.44. The summed E-state index contributed by atoms with van der Waals surface area (Å²) in [4.78, 5) is 15.7. The van der Waals surface area contributed by atoms with E-state index in [9.17, 15) is 4.79 Å². The molecule has 0 unspecified atom stereocenters. The quantitative estimate of drug-likeness (QED) is 0.476. The summed E-state index contributed by atoms with van der Waals surface area (Å²) in [7, 11) is 1.52. The largest absolute Gasteiger partial charge is 0.493 e. The van der Waals surface area contributed by atoms with Crippen molar-refractivity contribution in [3.8, 4) is 23.8 Å². The predicted octanol–water partition coefficient (Wildman–Crippen LogP) is 2.79. The van der Waals surface area contributed by atoms with E-state index in [1.165, 1.54) is 7.11 Å². The number of terminal acetylenes is 1. The van der Waals surface area contributed by atoms with Crippen LogP contribution in [0, 0.1) is 12.3 Å². The van der Waals surface area contributed by atoms with Gasteiger partial charge in [0, 0.05) is 17.0 Å². The normalized spacial score (nSPS) is 15.4. The van der Waals surface area contributed by atoms with Crippen molar-refractivity contribution in [1.82, 2.24) is 0 Å². The fourth-order valence-electron chi connectivity index (χ4n) is 1.78. The first kappa shape index (κ1) is 15.1.